The lowest BCUT2D eigenvalue weighted by Crippen LogP contribution is -2.23. The van der Waals surface area contributed by atoms with Crippen LogP contribution in [-0.2, 0) is 11.3 Å². The number of amides is 2. The number of hydrogen-bond donors (Lipinski definition) is 3. The lowest BCUT2D eigenvalue weighted by Gasteiger charge is -2.10. The summed E-state index contributed by atoms with van der Waals surface area (Å²) in [6.07, 6.45) is 3.38. The number of benzene rings is 2. The van der Waals surface area contributed by atoms with Gasteiger partial charge < -0.3 is 16.0 Å². The number of nitrogens with zero attached hydrogens (tertiary/aromatic N) is 1. The molecule has 1 heterocycles. The van der Waals surface area contributed by atoms with Gasteiger partial charge in [-0.25, -0.2) is 0 Å². The highest BCUT2D eigenvalue weighted by Gasteiger charge is 2.07. The Morgan fingerprint density at radius 3 is 2.24 bits per heavy atom. The minimum atomic E-state index is -0.170. The third-order valence-electron chi connectivity index (χ3n) is 4.59. The van der Waals surface area contributed by atoms with Gasteiger partial charge in [-0.15, -0.1) is 0 Å². The monoisotopic (exact) mass is 388 g/mol. The van der Waals surface area contributed by atoms with Gasteiger partial charge in [0.2, 0.25) is 5.91 Å². The number of hydrogen-bond acceptors (Lipinski definition) is 4. The minimum Gasteiger partial charge on any atom is -0.376 e. The summed E-state index contributed by atoms with van der Waals surface area (Å²) in [6, 6.07) is 16.5. The average Bonchev–Trinajstić information content (AvgIpc) is 2.74. The Kier molecular flexibility index (Phi) is 6.58. The van der Waals surface area contributed by atoms with Gasteiger partial charge in [-0.1, -0.05) is 6.07 Å². The summed E-state index contributed by atoms with van der Waals surface area (Å²) in [5, 5.41) is 8.79. The van der Waals surface area contributed by atoms with E-state index in [1.54, 1.807) is 36.7 Å². The van der Waals surface area contributed by atoms with Crippen molar-refractivity contribution in [2.24, 2.45) is 0 Å². The Morgan fingerprint density at radius 2 is 1.55 bits per heavy atom. The standard InChI is InChI=1S/C23H24N4O2/c1-16-3-6-21(13-17(16)2)25-15-22(28)27-20-7-4-19(5-8-20)23(29)26-14-18-9-11-24-12-10-18/h3-13,25H,14-15H2,1-2H3,(H,26,29)(H,27,28). The summed E-state index contributed by atoms with van der Waals surface area (Å²) >= 11 is 0. The van der Waals surface area contributed by atoms with E-state index < -0.39 is 0 Å². The van der Waals surface area contributed by atoms with Crippen molar-refractivity contribution in [3.63, 3.8) is 0 Å². The first kappa shape index (κ1) is 20.1. The highest BCUT2D eigenvalue weighted by molar-refractivity contribution is 5.96. The second kappa shape index (κ2) is 9.50. The van der Waals surface area contributed by atoms with Crippen molar-refractivity contribution >= 4 is 23.2 Å². The van der Waals surface area contributed by atoms with Crippen molar-refractivity contribution in [3.05, 3.63) is 89.2 Å². The fraction of sp³-hybridized carbons (Fsp3) is 0.174. The first-order valence-corrected chi connectivity index (χ1v) is 9.39. The van der Waals surface area contributed by atoms with Crippen LogP contribution in [-0.4, -0.2) is 23.3 Å². The predicted octanol–water partition coefficient (Wildman–Crippen LogP) is 3.68. The molecule has 3 N–H and O–H groups in total. The molecule has 148 valence electrons. The molecule has 0 radical (unpaired) electrons. The molecule has 0 aliphatic rings. The third kappa shape index (κ3) is 5.90. The number of aromatic nitrogens is 1. The van der Waals surface area contributed by atoms with Crippen molar-refractivity contribution in [3.8, 4) is 0 Å². The summed E-state index contributed by atoms with van der Waals surface area (Å²) in [7, 11) is 0. The van der Waals surface area contributed by atoms with Gasteiger partial charge >= 0.3 is 0 Å². The van der Waals surface area contributed by atoms with Gasteiger partial charge in [-0.3, -0.25) is 14.6 Å². The van der Waals surface area contributed by atoms with E-state index in [2.05, 4.69) is 27.9 Å². The Labute approximate surface area is 170 Å². The Hall–Kier alpha value is -3.67. The number of rotatable bonds is 7. The van der Waals surface area contributed by atoms with Gasteiger partial charge in [-0.2, -0.15) is 0 Å². The normalized spacial score (nSPS) is 10.3. The number of nitrogens with one attached hydrogen (secondary N) is 3. The Balaban J connectivity index is 1.48. The van der Waals surface area contributed by atoms with Crippen LogP contribution in [0.25, 0.3) is 0 Å². The zero-order chi connectivity index (χ0) is 20.6. The van der Waals surface area contributed by atoms with Crippen molar-refractivity contribution < 1.29 is 9.59 Å². The van der Waals surface area contributed by atoms with Crippen molar-refractivity contribution in [1.82, 2.24) is 10.3 Å². The summed E-state index contributed by atoms with van der Waals surface area (Å²) in [5.41, 5.74) is 5.45. The topological polar surface area (TPSA) is 83.1 Å². The van der Waals surface area contributed by atoms with Crippen LogP contribution in [0.1, 0.15) is 27.0 Å². The van der Waals surface area contributed by atoms with Crippen molar-refractivity contribution in [2.75, 3.05) is 17.2 Å². The van der Waals surface area contributed by atoms with Gasteiger partial charge in [0.1, 0.15) is 0 Å². The van der Waals surface area contributed by atoms with Crippen LogP contribution in [0, 0.1) is 13.8 Å². The smallest absolute Gasteiger partial charge is 0.251 e. The number of carbonyl (C=O) groups excluding carboxylic acids is 2. The average molecular weight is 388 g/mol. The van der Waals surface area contributed by atoms with Gasteiger partial charge in [-0.05, 0) is 79.1 Å². The molecule has 0 unspecified atom stereocenters. The molecule has 6 nitrogen and oxygen atoms in total. The molecule has 0 saturated heterocycles. The summed E-state index contributed by atoms with van der Waals surface area (Å²) in [4.78, 5) is 28.3. The Morgan fingerprint density at radius 1 is 0.862 bits per heavy atom. The maximum atomic E-state index is 12.2. The first-order chi connectivity index (χ1) is 14.0. The summed E-state index contributed by atoms with van der Waals surface area (Å²) in [5.74, 6) is -0.325. The number of anilines is 2. The van der Waals surface area contributed by atoms with Crippen LogP contribution in [0.3, 0.4) is 0 Å². The van der Waals surface area contributed by atoms with Crippen LogP contribution >= 0.6 is 0 Å². The fourth-order valence-corrected chi connectivity index (χ4v) is 2.73. The molecule has 0 atom stereocenters. The lowest BCUT2D eigenvalue weighted by molar-refractivity contribution is -0.114. The van der Waals surface area contributed by atoms with E-state index in [1.165, 1.54) is 11.1 Å². The van der Waals surface area contributed by atoms with E-state index >= 15 is 0 Å². The maximum Gasteiger partial charge on any atom is 0.251 e. The van der Waals surface area contributed by atoms with E-state index in [0.29, 0.717) is 17.8 Å². The zero-order valence-corrected chi connectivity index (χ0v) is 16.5. The van der Waals surface area contributed by atoms with E-state index in [-0.39, 0.29) is 18.4 Å². The zero-order valence-electron chi connectivity index (χ0n) is 16.5. The molecule has 0 aliphatic heterocycles. The van der Waals surface area contributed by atoms with E-state index in [4.69, 9.17) is 0 Å². The molecule has 1 aromatic heterocycles. The van der Waals surface area contributed by atoms with Gasteiger partial charge in [0, 0.05) is 35.9 Å². The van der Waals surface area contributed by atoms with Crippen LogP contribution in [0.15, 0.2) is 67.0 Å². The molecule has 0 spiro atoms. The molecule has 0 bridgehead atoms. The molecule has 0 fully saturated rings. The SMILES string of the molecule is Cc1ccc(NCC(=O)Nc2ccc(C(=O)NCc3ccncc3)cc2)cc1C. The van der Waals surface area contributed by atoms with Gasteiger partial charge in [0.15, 0.2) is 0 Å². The fourth-order valence-electron chi connectivity index (χ4n) is 2.73. The van der Waals surface area contributed by atoms with E-state index in [0.717, 1.165) is 11.3 Å². The van der Waals surface area contributed by atoms with E-state index in [1.807, 2.05) is 37.3 Å². The van der Waals surface area contributed by atoms with Crippen molar-refractivity contribution in [2.45, 2.75) is 20.4 Å². The number of carbonyl (C=O) groups is 2. The summed E-state index contributed by atoms with van der Waals surface area (Å²) < 4.78 is 0. The highest BCUT2D eigenvalue weighted by Crippen LogP contribution is 2.14. The molecule has 29 heavy (non-hydrogen) atoms. The largest absolute Gasteiger partial charge is 0.376 e. The number of pyridine rings is 1. The molecule has 2 aromatic carbocycles. The van der Waals surface area contributed by atoms with Crippen LogP contribution < -0.4 is 16.0 Å². The second-order valence-corrected chi connectivity index (χ2v) is 6.82. The number of aryl methyl sites for hydroxylation is 2. The molecule has 3 aromatic rings. The quantitative estimate of drug-likeness (QED) is 0.577. The van der Waals surface area contributed by atoms with Gasteiger partial charge in [0.25, 0.3) is 5.91 Å². The summed E-state index contributed by atoms with van der Waals surface area (Å²) in [6.45, 7) is 4.69. The van der Waals surface area contributed by atoms with Gasteiger partial charge in [0.05, 0.1) is 6.54 Å². The minimum absolute atomic E-state index is 0.155. The first-order valence-electron chi connectivity index (χ1n) is 9.39. The molecule has 3 rings (SSSR count). The second-order valence-electron chi connectivity index (χ2n) is 6.82. The van der Waals surface area contributed by atoms with E-state index in [9.17, 15) is 9.59 Å². The lowest BCUT2D eigenvalue weighted by atomic mass is 10.1. The molecule has 0 saturated carbocycles. The Bertz CT molecular complexity index is 986. The molecule has 2 amide bonds. The van der Waals surface area contributed by atoms with Crippen LogP contribution in [0.4, 0.5) is 11.4 Å². The molecule has 6 heteroatoms. The third-order valence-corrected chi connectivity index (χ3v) is 4.59. The van der Waals surface area contributed by atoms with Crippen molar-refractivity contribution in [1.29, 1.82) is 0 Å². The predicted molar refractivity (Wildman–Crippen MR) is 115 cm³/mol. The molecular formula is C23H24N4O2. The van der Waals surface area contributed by atoms with Crippen LogP contribution in [0.2, 0.25) is 0 Å². The highest BCUT2D eigenvalue weighted by atomic mass is 16.2. The van der Waals surface area contributed by atoms with Crippen LogP contribution in [0.5, 0.6) is 0 Å². The maximum absolute atomic E-state index is 12.2. The molecule has 0 aliphatic carbocycles. The molecular weight excluding hydrogens is 364 g/mol.